The van der Waals surface area contributed by atoms with E-state index in [0.29, 0.717) is 6.54 Å². The predicted octanol–water partition coefficient (Wildman–Crippen LogP) is -0.170. The molecule has 1 amide bonds. The van der Waals surface area contributed by atoms with E-state index in [1.807, 2.05) is 17.7 Å². The number of amides is 1. The summed E-state index contributed by atoms with van der Waals surface area (Å²) in [6.45, 7) is 5.91. The summed E-state index contributed by atoms with van der Waals surface area (Å²) in [6.07, 6.45) is 2.93. The third-order valence-electron chi connectivity index (χ3n) is 2.72. The Labute approximate surface area is 107 Å². The molecule has 0 radical (unpaired) electrons. The van der Waals surface area contributed by atoms with Gasteiger partial charge in [-0.25, -0.2) is 4.98 Å². The Morgan fingerprint density at radius 1 is 1.61 bits per heavy atom. The zero-order valence-electron chi connectivity index (χ0n) is 11.1. The first-order valence-electron chi connectivity index (χ1n) is 5.98. The Balaban J connectivity index is 2.26. The molecule has 0 aromatic carbocycles. The molecule has 1 rings (SSSR count). The maximum atomic E-state index is 11.5. The molecule has 1 unspecified atom stereocenters. The van der Waals surface area contributed by atoms with E-state index in [9.17, 15) is 15.0 Å². The standard InChI is InChI=1S/C12H21N3O3/c1-9-13-6-8-15(9)7-4-5-14-11(17)10(16)12(2,3)18/h6,8,10,16,18H,4-5,7H2,1-3H3,(H,14,17). The van der Waals surface area contributed by atoms with E-state index < -0.39 is 17.6 Å². The number of hydrogen-bond acceptors (Lipinski definition) is 4. The van der Waals surface area contributed by atoms with Gasteiger partial charge in [-0.2, -0.15) is 0 Å². The molecule has 0 fully saturated rings. The fourth-order valence-electron chi connectivity index (χ4n) is 1.52. The van der Waals surface area contributed by atoms with E-state index in [1.54, 1.807) is 6.20 Å². The molecular weight excluding hydrogens is 234 g/mol. The molecule has 18 heavy (non-hydrogen) atoms. The number of aliphatic hydroxyl groups excluding tert-OH is 1. The van der Waals surface area contributed by atoms with Gasteiger partial charge < -0.3 is 20.1 Å². The summed E-state index contributed by atoms with van der Waals surface area (Å²) in [5, 5.41) is 21.6. The number of carbonyl (C=O) groups is 1. The number of nitrogens with one attached hydrogen (secondary N) is 1. The van der Waals surface area contributed by atoms with Gasteiger partial charge >= 0.3 is 0 Å². The van der Waals surface area contributed by atoms with Crippen LogP contribution < -0.4 is 5.32 Å². The van der Waals surface area contributed by atoms with Crippen LogP contribution in [0.3, 0.4) is 0 Å². The second-order valence-corrected chi connectivity index (χ2v) is 4.87. The first kappa shape index (κ1) is 14.7. The number of hydrogen-bond donors (Lipinski definition) is 3. The van der Waals surface area contributed by atoms with Crippen molar-refractivity contribution in [1.29, 1.82) is 0 Å². The Kier molecular flexibility index (Phi) is 4.86. The van der Waals surface area contributed by atoms with Crippen LogP contribution in [0.1, 0.15) is 26.1 Å². The summed E-state index contributed by atoms with van der Waals surface area (Å²) in [7, 11) is 0. The minimum absolute atomic E-state index is 0.448. The van der Waals surface area contributed by atoms with Crippen LogP contribution in [0.2, 0.25) is 0 Å². The normalized spacial score (nSPS) is 13.4. The fraction of sp³-hybridized carbons (Fsp3) is 0.667. The molecule has 0 saturated carbocycles. The van der Waals surface area contributed by atoms with Crippen molar-refractivity contribution in [2.75, 3.05) is 6.54 Å². The predicted molar refractivity (Wildman–Crippen MR) is 66.9 cm³/mol. The van der Waals surface area contributed by atoms with Crippen LogP contribution in [0.15, 0.2) is 12.4 Å². The van der Waals surface area contributed by atoms with Crippen molar-refractivity contribution in [2.45, 2.75) is 45.4 Å². The largest absolute Gasteiger partial charge is 0.387 e. The molecule has 0 saturated heterocycles. The maximum Gasteiger partial charge on any atom is 0.251 e. The van der Waals surface area contributed by atoms with Crippen LogP contribution in [-0.2, 0) is 11.3 Å². The number of nitrogens with zero attached hydrogens (tertiary/aromatic N) is 2. The van der Waals surface area contributed by atoms with Gasteiger partial charge in [0, 0.05) is 25.5 Å². The lowest BCUT2D eigenvalue weighted by molar-refractivity contribution is -0.141. The lowest BCUT2D eigenvalue weighted by Crippen LogP contribution is -2.48. The lowest BCUT2D eigenvalue weighted by atomic mass is 10.0. The van der Waals surface area contributed by atoms with Gasteiger partial charge in [0.1, 0.15) is 5.82 Å². The average Bonchev–Trinajstić information content (AvgIpc) is 2.68. The number of imidazole rings is 1. The zero-order chi connectivity index (χ0) is 13.8. The van der Waals surface area contributed by atoms with Gasteiger partial charge in [-0.15, -0.1) is 0 Å². The van der Waals surface area contributed by atoms with Gasteiger partial charge in [-0.1, -0.05) is 0 Å². The Hall–Kier alpha value is -1.40. The molecule has 0 spiro atoms. The molecule has 102 valence electrons. The average molecular weight is 255 g/mol. The molecular formula is C12H21N3O3. The smallest absolute Gasteiger partial charge is 0.251 e. The van der Waals surface area contributed by atoms with Crippen molar-refractivity contribution in [1.82, 2.24) is 14.9 Å². The topological polar surface area (TPSA) is 87.4 Å². The summed E-state index contributed by atoms with van der Waals surface area (Å²) >= 11 is 0. The van der Waals surface area contributed by atoms with E-state index >= 15 is 0 Å². The fourth-order valence-corrected chi connectivity index (χ4v) is 1.52. The Morgan fingerprint density at radius 3 is 2.78 bits per heavy atom. The minimum atomic E-state index is -1.43. The van der Waals surface area contributed by atoms with Crippen LogP contribution in [0.5, 0.6) is 0 Å². The highest BCUT2D eigenvalue weighted by Crippen LogP contribution is 2.07. The Bertz CT molecular complexity index is 396. The summed E-state index contributed by atoms with van der Waals surface area (Å²) < 4.78 is 1.98. The highest BCUT2D eigenvalue weighted by Gasteiger charge is 2.30. The second kappa shape index (κ2) is 5.97. The third kappa shape index (κ3) is 4.12. The summed E-state index contributed by atoms with van der Waals surface area (Å²) in [4.78, 5) is 15.6. The third-order valence-corrected chi connectivity index (χ3v) is 2.72. The number of aryl methyl sites for hydroxylation is 2. The lowest BCUT2D eigenvalue weighted by Gasteiger charge is -2.23. The molecule has 6 nitrogen and oxygen atoms in total. The first-order valence-corrected chi connectivity index (χ1v) is 5.98. The van der Waals surface area contributed by atoms with Gasteiger partial charge in [0.05, 0.1) is 5.60 Å². The summed E-state index contributed by atoms with van der Waals surface area (Å²) in [5.41, 5.74) is -1.43. The molecule has 6 heteroatoms. The molecule has 0 aliphatic heterocycles. The Morgan fingerprint density at radius 2 is 2.28 bits per heavy atom. The molecule has 0 aliphatic carbocycles. The van der Waals surface area contributed by atoms with E-state index in [2.05, 4.69) is 10.3 Å². The van der Waals surface area contributed by atoms with E-state index in [0.717, 1.165) is 18.8 Å². The van der Waals surface area contributed by atoms with Crippen molar-refractivity contribution in [3.8, 4) is 0 Å². The van der Waals surface area contributed by atoms with E-state index in [4.69, 9.17) is 0 Å². The molecule has 1 aromatic rings. The molecule has 0 aliphatic rings. The summed E-state index contributed by atoms with van der Waals surface area (Å²) in [6, 6.07) is 0. The number of aliphatic hydroxyl groups is 2. The van der Waals surface area contributed by atoms with Crippen molar-refractivity contribution >= 4 is 5.91 Å². The SMILES string of the molecule is Cc1nccn1CCCNC(=O)C(O)C(C)(C)O. The molecule has 1 atom stereocenters. The van der Waals surface area contributed by atoms with Crippen LogP contribution in [-0.4, -0.2) is 43.9 Å². The van der Waals surface area contributed by atoms with Crippen LogP contribution in [0.4, 0.5) is 0 Å². The van der Waals surface area contributed by atoms with Crippen molar-refractivity contribution < 1.29 is 15.0 Å². The van der Waals surface area contributed by atoms with Crippen molar-refractivity contribution in [2.24, 2.45) is 0 Å². The summed E-state index contributed by atoms with van der Waals surface area (Å²) in [5.74, 6) is 0.378. The van der Waals surface area contributed by atoms with Gasteiger partial charge in [-0.05, 0) is 27.2 Å². The van der Waals surface area contributed by atoms with Crippen molar-refractivity contribution in [3.05, 3.63) is 18.2 Å². The van der Waals surface area contributed by atoms with Gasteiger partial charge in [0.25, 0.3) is 5.91 Å². The van der Waals surface area contributed by atoms with E-state index in [1.165, 1.54) is 13.8 Å². The van der Waals surface area contributed by atoms with Gasteiger partial charge in [0.2, 0.25) is 0 Å². The zero-order valence-corrected chi connectivity index (χ0v) is 11.1. The number of aromatic nitrogens is 2. The molecule has 3 N–H and O–H groups in total. The monoisotopic (exact) mass is 255 g/mol. The number of carbonyl (C=O) groups excluding carboxylic acids is 1. The second-order valence-electron chi connectivity index (χ2n) is 4.87. The molecule has 1 aromatic heterocycles. The maximum absolute atomic E-state index is 11.5. The highest BCUT2D eigenvalue weighted by atomic mass is 16.3. The van der Waals surface area contributed by atoms with Crippen LogP contribution in [0, 0.1) is 6.92 Å². The van der Waals surface area contributed by atoms with Crippen LogP contribution in [0.25, 0.3) is 0 Å². The molecule has 0 bridgehead atoms. The molecule has 1 heterocycles. The quantitative estimate of drug-likeness (QED) is 0.616. The van der Waals surface area contributed by atoms with Crippen LogP contribution >= 0.6 is 0 Å². The van der Waals surface area contributed by atoms with Gasteiger partial charge in [-0.3, -0.25) is 4.79 Å². The van der Waals surface area contributed by atoms with Crippen molar-refractivity contribution in [3.63, 3.8) is 0 Å². The highest BCUT2D eigenvalue weighted by molar-refractivity contribution is 5.81. The number of rotatable bonds is 6. The van der Waals surface area contributed by atoms with Gasteiger partial charge in [0.15, 0.2) is 6.10 Å². The first-order chi connectivity index (χ1) is 8.32. The minimum Gasteiger partial charge on any atom is -0.387 e. The van der Waals surface area contributed by atoms with E-state index in [-0.39, 0.29) is 0 Å².